The summed E-state index contributed by atoms with van der Waals surface area (Å²) in [6, 6.07) is 13.5. The molecule has 5 rings (SSSR count). The van der Waals surface area contributed by atoms with E-state index < -0.39 is 5.92 Å². The Balaban J connectivity index is 1.43. The standard InChI is InChI=1S/C22H19ClN2O3/c23-20-15(2-1-3-16(20)17-8-9-19(26)24-21(17)27)12-4-6-14(7-5-12)25-11-13-10-18(13)22(25)28/h1-7,13,17-18H,8-11H2,(H,24,26,27). The van der Waals surface area contributed by atoms with Crippen LogP contribution in [0.2, 0.25) is 5.02 Å². The number of carbonyl (C=O) groups excluding carboxylic acids is 3. The highest BCUT2D eigenvalue weighted by molar-refractivity contribution is 6.34. The third kappa shape index (κ3) is 2.81. The quantitative estimate of drug-likeness (QED) is 0.810. The summed E-state index contributed by atoms with van der Waals surface area (Å²) in [5, 5.41) is 2.92. The van der Waals surface area contributed by atoms with E-state index in [0.29, 0.717) is 23.8 Å². The van der Waals surface area contributed by atoms with E-state index in [1.54, 1.807) is 0 Å². The molecule has 3 atom stereocenters. The van der Waals surface area contributed by atoms with E-state index in [0.717, 1.165) is 35.3 Å². The maximum absolute atomic E-state index is 12.3. The van der Waals surface area contributed by atoms with Gasteiger partial charge < -0.3 is 4.90 Å². The van der Waals surface area contributed by atoms with E-state index in [-0.39, 0.29) is 23.6 Å². The number of amides is 3. The van der Waals surface area contributed by atoms with Gasteiger partial charge in [0.25, 0.3) is 0 Å². The Morgan fingerprint density at radius 3 is 2.50 bits per heavy atom. The molecule has 2 aliphatic heterocycles. The van der Waals surface area contributed by atoms with Crippen molar-refractivity contribution in [3.05, 3.63) is 53.1 Å². The summed E-state index contributed by atoms with van der Waals surface area (Å²) in [5.41, 5.74) is 3.42. The number of anilines is 1. The second-order valence-electron chi connectivity index (χ2n) is 7.81. The molecule has 1 aliphatic carbocycles. The van der Waals surface area contributed by atoms with Gasteiger partial charge in [0.05, 0.1) is 10.9 Å². The van der Waals surface area contributed by atoms with Crippen molar-refractivity contribution in [1.82, 2.24) is 5.32 Å². The van der Waals surface area contributed by atoms with Crippen LogP contribution in [0.15, 0.2) is 42.5 Å². The Kier molecular flexibility index (Phi) is 4.02. The number of nitrogens with zero attached hydrogens (tertiary/aromatic N) is 1. The van der Waals surface area contributed by atoms with Crippen LogP contribution in [0, 0.1) is 11.8 Å². The Morgan fingerprint density at radius 1 is 1.04 bits per heavy atom. The number of halogens is 1. The Hall–Kier alpha value is -2.66. The first-order valence-electron chi connectivity index (χ1n) is 9.57. The van der Waals surface area contributed by atoms with Crippen LogP contribution in [0.3, 0.4) is 0 Å². The van der Waals surface area contributed by atoms with E-state index in [9.17, 15) is 14.4 Å². The number of rotatable bonds is 3. The van der Waals surface area contributed by atoms with Crippen LogP contribution >= 0.6 is 11.6 Å². The van der Waals surface area contributed by atoms with Gasteiger partial charge in [0.2, 0.25) is 17.7 Å². The van der Waals surface area contributed by atoms with E-state index in [2.05, 4.69) is 5.32 Å². The first kappa shape index (κ1) is 17.4. The minimum atomic E-state index is -0.418. The van der Waals surface area contributed by atoms with Crippen molar-refractivity contribution in [1.29, 1.82) is 0 Å². The molecule has 0 radical (unpaired) electrons. The van der Waals surface area contributed by atoms with Crippen molar-refractivity contribution in [2.45, 2.75) is 25.2 Å². The monoisotopic (exact) mass is 394 g/mol. The number of fused-ring (bicyclic) bond motifs is 1. The zero-order chi connectivity index (χ0) is 19.4. The molecule has 3 aliphatic rings. The predicted octanol–water partition coefficient (Wildman–Crippen LogP) is 3.51. The summed E-state index contributed by atoms with van der Waals surface area (Å²) in [5.74, 6) is 0.0510. The smallest absolute Gasteiger partial charge is 0.234 e. The van der Waals surface area contributed by atoms with Crippen molar-refractivity contribution in [2.75, 3.05) is 11.4 Å². The summed E-state index contributed by atoms with van der Waals surface area (Å²) in [4.78, 5) is 37.8. The molecule has 28 heavy (non-hydrogen) atoms. The molecule has 142 valence electrons. The number of hydrogen-bond acceptors (Lipinski definition) is 3. The normalized spacial score (nSPS) is 26.2. The zero-order valence-corrected chi connectivity index (χ0v) is 15.9. The average Bonchev–Trinajstić information content (AvgIpc) is 3.39. The Morgan fingerprint density at radius 2 is 1.82 bits per heavy atom. The molecule has 3 fully saturated rings. The number of carbonyl (C=O) groups is 3. The van der Waals surface area contributed by atoms with E-state index in [4.69, 9.17) is 11.6 Å². The molecular weight excluding hydrogens is 376 g/mol. The molecule has 2 saturated heterocycles. The van der Waals surface area contributed by atoms with Crippen LogP contribution < -0.4 is 10.2 Å². The lowest BCUT2D eigenvalue weighted by atomic mass is 9.88. The zero-order valence-electron chi connectivity index (χ0n) is 15.2. The summed E-state index contributed by atoms with van der Waals surface area (Å²) in [7, 11) is 0. The molecule has 0 spiro atoms. The Labute approximate surface area is 167 Å². The van der Waals surface area contributed by atoms with Crippen LogP contribution in [0.4, 0.5) is 5.69 Å². The van der Waals surface area contributed by atoms with Crippen molar-refractivity contribution in [3.63, 3.8) is 0 Å². The minimum Gasteiger partial charge on any atom is -0.312 e. The highest BCUT2D eigenvalue weighted by Crippen LogP contribution is 2.47. The molecule has 0 bridgehead atoms. The third-order valence-electron chi connectivity index (χ3n) is 6.06. The fourth-order valence-electron chi connectivity index (χ4n) is 4.36. The van der Waals surface area contributed by atoms with Gasteiger partial charge in [-0.3, -0.25) is 19.7 Å². The van der Waals surface area contributed by atoms with Gasteiger partial charge in [-0.1, -0.05) is 41.9 Å². The molecule has 3 unspecified atom stereocenters. The Bertz CT molecular complexity index is 1000. The molecule has 6 heteroatoms. The molecule has 3 amide bonds. The molecule has 5 nitrogen and oxygen atoms in total. The van der Waals surface area contributed by atoms with Gasteiger partial charge in [-0.05, 0) is 42.0 Å². The van der Waals surface area contributed by atoms with Crippen LogP contribution in [0.5, 0.6) is 0 Å². The van der Waals surface area contributed by atoms with Gasteiger partial charge in [-0.25, -0.2) is 0 Å². The van der Waals surface area contributed by atoms with E-state index >= 15 is 0 Å². The van der Waals surface area contributed by atoms with Gasteiger partial charge in [0.1, 0.15) is 0 Å². The van der Waals surface area contributed by atoms with Crippen molar-refractivity contribution < 1.29 is 14.4 Å². The second kappa shape index (κ2) is 6.45. The van der Waals surface area contributed by atoms with E-state index in [1.807, 2.05) is 47.4 Å². The number of nitrogens with one attached hydrogen (secondary N) is 1. The number of hydrogen-bond donors (Lipinski definition) is 1. The molecule has 2 heterocycles. The van der Waals surface area contributed by atoms with Crippen molar-refractivity contribution in [3.8, 4) is 11.1 Å². The molecular formula is C22H19ClN2O3. The average molecular weight is 395 g/mol. The summed E-state index contributed by atoms with van der Waals surface area (Å²) in [6.07, 6.45) is 1.82. The van der Waals surface area contributed by atoms with Gasteiger partial charge >= 0.3 is 0 Å². The first-order valence-corrected chi connectivity index (χ1v) is 9.94. The SMILES string of the molecule is O=C1CCC(c2cccc(-c3ccc(N4CC5CC5C4=O)cc3)c2Cl)C(=O)N1. The number of imide groups is 1. The topological polar surface area (TPSA) is 66.5 Å². The molecule has 2 aromatic carbocycles. The number of benzene rings is 2. The minimum absolute atomic E-state index is 0.232. The van der Waals surface area contributed by atoms with Crippen molar-refractivity contribution in [2.24, 2.45) is 11.8 Å². The summed E-state index contributed by atoms with van der Waals surface area (Å²) >= 11 is 6.66. The fraction of sp³-hybridized carbons (Fsp3) is 0.318. The maximum Gasteiger partial charge on any atom is 0.234 e. The van der Waals surface area contributed by atoms with Crippen LogP contribution in [-0.2, 0) is 14.4 Å². The highest BCUT2D eigenvalue weighted by atomic mass is 35.5. The fourth-order valence-corrected chi connectivity index (χ4v) is 4.73. The highest BCUT2D eigenvalue weighted by Gasteiger charge is 2.52. The lowest BCUT2D eigenvalue weighted by Gasteiger charge is -2.23. The van der Waals surface area contributed by atoms with Crippen LogP contribution in [0.1, 0.15) is 30.7 Å². The second-order valence-corrected chi connectivity index (χ2v) is 8.19. The predicted molar refractivity (Wildman–Crippen MR) is 106 cm³/mol. The van der Waals surface area contributed by atoms with Crippen LogP contribution in [0.25, 0.3) is 11.1 Å². The van der Waals surface area contributed by atoms with Gasteiger partial charge in [-0.15, -0.1) is 0 Å². The molecule has 2 aromatic rings. The lowest BCUT2D eigenvalue weighted by Crippen LogP contribution is -2.39. The van der Waals surface area contributed by atoms with Gasteiger partial charge in [-0.2, -0.15) is 0 Å². The maximum atomic E-state index is 12.3. The lowest BCUT2D eigenvalue weighted by molar-refractivity contribution is -0.134. The summed E-state index contributed by atoms with van der Waals surface area (Å²) < 4.78 is 0. The number of piperidine rings is 2. The molecule has 0 aromatic heterocycles. The molecule has 1 N–H and O–H groups in total. The van der Waals surface area contributed by atoms with Crippen LogP contribution in [-0.4, -0.2) is 24.3 Å². The molecule has 1 saturated carbocycles. The summed E-state index contributed by atoms with van der Waals surface area (Å²) in [6.45, 7) is 0.814. The largest absolute Gasteiger partial charge is 0.312 e. The van der Waals surface area contributed by atoms with E-state index in [1.165, 1.54) is 0 Å². The van der Waals surface area contributed by atoms with Crippen molar-refractivity contribution >= 4 is 35.0 Å². The first-order chi connectivity index (χ1) is 13.5. The van der Waals surface area contributed by atoms with Gasteiger partial charge in [0, 0.05) is 30.1 Å². The van der Waals surface area contributed by atoms with Gasteiger partial charge in [0.15, 0.2) is 0 Å². The third-order valence-corrected chi connectivity index (χ3v) is 6.48.